The molecule has 0 bridgehead atoms. The van der Waals surface area contributed by atoms with Crippen LogP contribution < -0.4 is 5.32 Å². The molecule has 2 rings (SSSR count). The van der Waals surface area contributed by atoms with Crippen molar-refractivity contribution < 1.29 is 9.53 Å². The Morgan fingerprint density at radius 2 is 2.05 bits per heavy atom. The van der Waals surface area contributed by atoms with Crippen molar-refractivity contribution in [1.82, 2.24) is 10.3 Å². The topological polar surface area (TPSA) is 51.2 Å². The average Bonchev–Trinajstić information content (AvgIpc) is 2.50. The summed E-state index contributed by atoms with van der Waals surface area (Å²) in [5.41, 5.74) is 3.12. The Kier molecular flexibility index (Phi) is 5.46. The molecule has 0 saturated carbocycles. The number of ether oxygens (including phenoxy) is 1. The van der Waals surface area contributed by atoms with E-state index in [2.05, 4.69) is 10.3 Å². The number of nitrogens with zero attached hydrogens (tertiary/aromatic N) is 1. The van der Waals surface area contributed by atoms with Gasteiger partial charge in [0.2, 0.25) is 0 Å². The van der Waals surface area contributed by atoms with Gasteiger partial charge in [0.15, 0.2) is 0 Å². The maximum atomic E-state index is 12.2. The minimum absolute atomic E-state index is 0.254. The number of nitrogens with one attached hydrogen (secondary N) is 1. The molecule has 21 heavy (non-hydrogen) atoms. The van der Waals surface area contributed by atoms with Gasteiger partial charge in [0, 0.05) is 18.9 Å². The number of carbonyl (C=O) groups excluding carboxylic acids is 1. The molecular formula is C17H20N2O2. The molecule has 0 radical (unpaired) electrons. The molecular weight excluding hydrogens is 264 g/mol. The van der Waals surface area contributed by atoms with Crippen LogP contribution in [0.3, 0.4) is 0 Å². The van der Waals surface area contributed by atoms with E-state index in [0.29, 0.717) is 13.2 Å². The fourth-order valence-electron chi connectivity index (χ4n) is 2.12. The second kappa shape index (κ2) is 7.55. The highest BCUT2D eigenvalue weighted by Gasteiger charge is 2.21. The summed E-state index contributed by atoms with van der Waals surface area (Å²) in [4.78, 5) is 16.2. The van der Waals surface area contributed by atoms with E-state index in [9.17, 15) is 4.79 Å². The second-order valence-electron chi connectivity index (χ2n) is 4.78. The molecule has 2 aromatic rings. The predicted molar refractivity (Wildman–Crippen MR) is 81.6 cm³/mol. The molecule has 0 aliphatic carbocycles. The first-order chi connectivity index (χ1) is 10.2. The molecule has 1 unspecified atom stereocenters. The van der Waals surface area contributed by atoms with Gasteiger partial charge in [0.1, 0.15) is 6.04 Å². The van der Waals surface area contributed by atoms with Crippen molar-refractivity contribution in [3.8, 4) is 0 Å². The fourth-order valence-corrected chi connectivity index (χ4v) is 2.12. The predicted octanol–water partition coefficient (Wildman–Crippen LogP) is 2.78. The monoisotopic (exact) mass is 284 g/mol. The summed E-state index contributed by atoms with van der Waals surface area (Å²) >= 11 is 0. The van der Waals surface area contributed by atoms with E-state index in [1.807, 2.05) is 56.4 Å². The Hall–Kier alpha value is -2.20. The molecule has 1 heterocycles. The van der Waals surface area contributed by atoms with Crippen molar-refractivity contribution in [3.05, 3.63) is 65.5 Å². The third kappa shape index (κ3) is 4.13. The Morgan fingerprint density at radius 1 is 1.29 bits per heavy atom. The van der Waals surface area contributed by atoms with Crippen molar-refractivity contribution in [2.75, 3.05) is 6.61 Å². The van der Waals surface area contributed by atoms with E-state index in [4.69, 9.17) is 4.74 Å². The quantitative estimate of drug-likeness (QED) is 0.829. The summed E-state index contributed by atoms with van der Waals surface area (Å²) in [5.74, 6) is -0.254. The number of benzene rings is 1. The zero-order valence-corrected chi connectivity index (χ0v) is 12.4. The Balaban J connectivity index is 2.13. The number of aromatic nitrogens is 1. The van der Waals surface area contributed by atoms with Crippen LogP contribution in [0.5, 0.6) is 0 Å². The van der Waals surface area contributed by atoms with Gasteiger partial charge in [-0.15, -0.1) is 0 Å². The molecule has 0 aliphatic rings. The minimum atomic E-state index is -0.460. The lowest BCUT2D eigenvalue weighted by molar-refractivity contribution is -0.145. The third-order valence-corrected chi connectivity index (χ3v) is 3.29. The Morgan fingerprint density at radius 3 is 2.71 bits per heavy atom. The molecule has 0 saturated heterocycles. The molecule has 0 amide bonds. The van der Waals surface area contributed by atoms with Crippen LogP contribution in [0.2, 0.25) is 0 Å². The SMILES string of the molecule is CCOC(=O)C(NCc1ccncc1C)c1ccccc1. The number of carbonyl (C=O) groups is 1. The maximum Gasteiger partial charge on any atom is 0.327 e. The third-order valence-electron chi connectivity index (χ3n) is 3.29. The highest BCUT2D eigenvalue weighted by Crippen LogP contribution is 2.16. The van der Waals surface area contributed by atoms with Crippen LogP contribution >= 0.6 is 0 Å². The lowest BCUT2D eigenvalue weighted by Gasteiger charge is -2.18. The van der Waals surface area contributed by atoms with E-state index in [1.54, 1.807) is 6.20 Å². The highest BCUT2D eigenvalue weighted by atomic mass is 16.5. The highest BCUT2D eigenvalue weighted by molar-refractivity contribution is 5.77. The van der Waals surface area contributed by atoms with Crippen molar-refractivity contribution in [3.63, 3.8) is 0 Å². The van der Waals surface area contributed by atoms with Gasteiger partial charge in [-0.2, -0.15) is 0 Å². The first kappa shape index (κ1) is 15.2. The number of hydrogen-bond acceptors (Lipinski definition) is 4. The first-order valence-electron chi connectivity index (χ1n) is 7.06. The van der Waals surface area contributed by atoms with Gasteiger partial charge in [-0.05, 0) is 36.6 Å². The van der Waals surface area contributed by atoms with E-state index in [1.165, 1.54) is 0 Å². The van der Waals surface area contributed by atoms with E-state index in [0.717, 1.165) is 16.7 Å². The van der Waals surface area contributed by atoms with Gasteiger partial charge >= 0.3 is 5.97 Å². The van der Waals surface area contributed by atoms with Gasteiger partial charge in [-0.25, -0.2) is 4.79 Å². The normalized spacial score (nSPS) is 11.9. The van der Waals surface area contributed by atoms with Gasteiger partial charge in [-0.1, -0.05) is 30.3 Å². The van der Waals surface area contributed by atoms with Gasteiger partial charge in [0.25, 0.3) is 0 Å². The van der Waals surface area contributed by atoms with E-state index in [-0.39, 0.29) is 5.97 Å². The molecule has 0 fully saturated rings. The molecule has 1 N–H and O–H groups in total. The van der Waals surface area contributed by atoms with Gasteiger partial charge in [-0.3, -0.25) is 10.3 Å². The average molecular weight is 284 g/mol. The van der Waals surface area contributed by atoms with Crippen LogP contribution in [-0.4, -0.2) is 17.6 Å². The summed E-state index contributed by atoms with van der Waals surface area (Å²) in [6, 6.07) is 11.1. The van der Waals surface area contributed by atoms with Crippen LogP contribution in [0.25, 0.3) is 0 Å². The Labute approximate surface area is 125 Å². The lowest BCUT2D eigenvalue weighted by atomic mass is 10.1. The lowest BCUT2D eigenvalue weighted by Crippen LogP contribution is -2.30. The second-order valence-corrected chi connectivity index (χ2v) is 4.78. The molecule has 0 aliphatic heterocycles. The van der Waals surface area contributed by atoms with Crippen molar-refractivity contribution in [2.45, 2.75) is 26.4 Å². The molecule has 1 atom stereocenters. The minimum Gasteiger partial charge on any atom is -0.465 e. The molecule has 4 nitrogen and oxygen atoms in total. The van der Waals surface area contributed by atoms with Gasteiger partial charge < -0.3 is 4.74 Å². The largest absolute Gasteiger partial charge is 0.465 e. The van der Waals surface area contributed by atoms with Crippen LogP contribution in [0.15, 0.2) is 48.8 Å². The van der Waals surface area contributed by atoms with Gasteiger partial charge in [0.05, 0.1) is 6.61 Å². The fraction of sp³-hybridized carbons (Fsp3) is 0.294. The zero-order valence-electron chi connectivity index (χ0n) is 12.4. The van der Waals surface area contributed by atoms with Crippen LogP contribution in [0, 0.1) is 6.92 Å². The smallest absolute Gasteiger partial charge is 0.327 e. The first-order valence-corrected chi connectivity index (χ1v) is 7.06. The molecule has 110 valence electrons. The zero-order chi connectivity index (χ0) is 15.1. The maximum absolute atomic E-state index is 12.2. The number of pyridine rings is 1. The summed E-state index contributed by atoms with van der Waals surface area (Å²) in [6.07, 6.45) is 3.57. The number of aryl methyl sites for hydroxylation is 1. The van der Waals surface area contributed by atoms with Crippen molar-refractivity contribution in [2.24, 2.45) is 0 Å². The van der Waals surface area contributed by atoms with Crippen LogP contribution in [0.4, 0.5) is 0 Å². The number of rotatable bonds is 6. The molecule has 1 aromatic carbocycles. The number of hydrogen-bond donors (Lipinski definition) is 1. The van der Waals surface area contributed by atoms with E-state index >= 15 is 0 Å². The van der Waals surface area contributed by atoms with Crippen molar-refractivity contribution in [1.29, 1.82) is 0 Å². The molecule has 0 spiro atoms. The van der Waals surface area contributed by atoms with Crippen LogP contribution in [-0.2, 0) is 16.1 Å². The number of esters is 1. The summed E-state index contributed by atoms with van der Waals surface area (Å²) < 4.78 is 5.16. The van der Waals surface area contributed by atoms with Crippen LogP contribution in [0.1, 0.15) is 29.7 Å². The molecule has 1 aromatic heterocycles. The van der Waals surface area contributed by atoms with E-state index < -0.39 is 6.04 Å². The summed E-state index contributed by atoms with van der Waals surface area (Å²) in [6.45, 7) is 4.78. The molecule has 4 heteroatoms. The van der Waals surface area contributed by atoms with Crippen molar-refractivity contribution >= 4 is 5.97 Å². The summed E-state index contributed by atoms with van der Waals surface area (Å²) in [5, 5.41) is 3.28. The summed E-state index contributed by atoms with van der Waals surface area (Å²) in [7, 11) is 0. The standard InChI is InChI=1S/C17H20N2O2/c1-3-21-17(20)16(14-7-5-4-6-8-14)19-12-15-9-10-18-11-13(15)2/h4-11,16,19H,3,12H2,1-2H3. The Bertz CT molecular complexity index is 584.